The predicted octanol–water partition coefficient (Wildman–Crippen LogP) is 2.69. The van der Waals surface area contributed by atoms with Gasteiger partial charge in [0, 0.05) is 29.9 Å². The molecule has 0 aliphatic rings. The molecule has 0 amide bonds. The van der Waals surface area contributed by atoms with Crippen molar-refractivity contribution in [3.05, 3.63) is 22.9 Å². The fourth-order valence-corrected chi connectivity index (χ4v) is 2.50. The number of aliphatic hydroxyl groups excluding tert-OH is 1. The Morgan fingerprint density at radius 2 is 1.80 bits per heavy atom. The van der Waals surface area contributed by atoms with E-state index in [1.54, 1.807) is 0 Å². The smallest absolute Gasteiger partial charge is 0.219 e. The summed E-state index contributed by atoms with van der Waals surface area (Å²) in [6, 6.07) is 2.94. The highest BCUT2D eigenvalue weighted by Gasteiger charge is 2.14. The van der Waals surface area contributed by atoms with Gasteiger partial charge in [-0.15, -0.1) is 0 Å². The molecule has 0 radical (unpaired) electrons. The van der Waals surface area contributed by atoms with Gasteiger partial charge < -0.3 is 9.84 Å². The van der Waals surface area contributed by atoms with Crippen molar-refractivity contribution >= 4 is 0 Å². The van der Waals surface area contributed by atoms with Crippen molar-refractivity contribution in [2.24, 2.45) is 0 Å². The van der Waals surface area contributed by atoms with Crippen LogP contribution in [0.2, 0.25) is 0 Å². The van der Waals surface area contributed by atoms with E-state index in [9.17, 15) is 5.11 Å². The minimum atomic E-state index is -0.0352. The first-order chi connectivity index (χ1) is 9.36. The van der Waals surface area contributed by atoms with E-state index in [2.05, 4.69) is 37.6 Å². The van der Waals surface area contributed by atoms with Crippen LogP contribution in [0.15, 0.2) is 6.07 Å². The van der Waals surface area contributed by atoms with Crippen molar-refractivity contribution in [1.82, 2.24) is 9.88 Å². The molecule has 1 heterocycles. The topological polar surface area (TPSA) is 45.6 Å². The fraction of sp³-hybridized carbons (Fsp3) is 0.688. The fourth-order valence-electron chi connectivity index (χ4n) is 2.50. The second-order valence-corrected chi connectivity index (χ2v) is 5.80. The summed E-state index contributed by atoms with van der Waals surface area (Å²) in [5, 5.41) is 9.44. The standard InChI is InChI=1S/C16H28N2O2/c1-11(2)18(12(3)4)7-8-20-16-15(10-19)13(5)9-14(6)17-16/h9,11-12,19H,7-8,10H2,1-6H3. The zero-order valence-electron chi connectivity index (χ0n) is 13.6. The second kappa shape index (κ2) is 7.60. The van der Waals surface area contributed by atoms with E-state index in [0.29, 0.717) is 24.6 Å². The van der Waals surface area contributed by atoms with Crippen LogP contribution in [0.3, 0.4) is 0 Å². The Morgan fingerprint density at radius 3 is 2.30 bits per heavy atom. The van der Waals surface area contributed by atoms with Gasteiger partial charge in [0.05, 0.1) is 6.61 Å². The average Bonchev–Trinajstić information content (AvgIpc) is 2.33. The summed E-state index contributed by atoms with van der Waals surface area (Å²) in [6.45, 7) is 14.1. The molecule has 1 aromatic heterocycles. The average molecular weight is 280 g/mol. The van der Waals surface area contributed by atoms with Gasteiger partial charge in [0.1, 0.15) is 6.61 Å². The number of pyridine rings is 1. The van der Waals surface area contributed by atoms with Gasteiger partial charge in [0.25, 0.3) is 0 Å². The Labute approximate surface area is 122 Å². The minimum Gasteiger partial charge on any atom is -0.476 e. The molecule has 0 aromatic carbocycles. The molecule has 4 nitrogen and oxygen atoms in total. The van der Waals surface area contributed by atoms with Crippen LogP contribution in [0.5, 0.6) is 5.88 Å². The Bertz CT molecular complexity index is 423. The van der Waals surface area contributed by atoms with Crippen LogP contribution in [0.4, 0.5) is 0 Å². The quantitative estimate of drug-likeness (QED) is 0.834. The van der Waals surface area contributed by atoms with E-state index < -0.39 is 0 Å². The van der Waals surface area contributed by atoms with Crippen LogP contribution in [0.1, 0.15) is 44.5 Å². The number of nitrogens with zero attached hydrogens (tertiary/aromatic N) is 2. The summed E-state index contributed by atoms with van der Waals surface area (Å²) >= 11 is 0. The molecule has 20 heavy (non-hydrogen) atoms. The molecule has 0 saturated heterocycles. The predicted molar refractivity (Wildman–Crippen MR) is 82.1 cm³/mol. The molecule has 0 spiro atoms. The van der Waals surface area contributed by atoms with Crippen LogP contribution in [0.25, 0.3) is 0 Å². The second-order valence-electron chi connectivity index (χ2n) is 5.80. The number of ether oxygens (including phenoxy) is 1. The lowest BCUT2D eigenvalue weighted by Crippen LogP contribution is -2.39. The van der Waals surface area contributed by atoms with Gasteiger partial charge in [0.2, 0.25) is 5.88 Å². The monoisotopic (exact) mass is 280 g/mol. The van der Waals surface area contributed by atoms with Crippen molar-refractivity contribution in [1.29, 1.82) is 0 Å². The largest absolute Gasteiger partial charge is 0.476 e. The van der Waals surface area contributed by atoms with Gasteiger partial charge in [-0.05, 0) is 53.2 Å². The lowest BCUT2D eigenvalue weighted by atomic mass is 10.1. The van der Waals surface area contributed by atoms with E-state index in [4.69, 9.17) is 4.74 Å². The number of hydrogen-bond acceptors (Lipinski definition) is 4. The lowest BCUT2D eigenvalue weighted by Gasteiger charge is -2.30. The van der Waals surface area contributed by atoms with Crippen molar-refractivity contribution in [3.63, 3.8) is 0 Å². The maximum atomic E-state index is 9.44. The molecule has 0 atom stereocenters. The normalized spacial score (nSPS) is 11.7. The zero-order valence-corrected chi connectivity index (χ0v) is 13.6. The molecule has 4 heteroatoms. The van der Waals surface area contributed by atoms with Gasteiger partial charge in [0.15, 0.2) is 0 Å². The third-order valence-corrected chi connectivity index (χ3v) is 3.51. The molecule has 0 unspecified atom stereocenters. The van der Waals surface area contributed by atoms with Crippen LogP contribution < -0.4 is 4.74 Å². The number of aryl methyl sites for hydroxylation is 2. The van der Waals surface area contributed by atoms with E-state index in [1.807, 2.05) is 19.9 Å². The lowest BCUT2D eigenvalue weighted by molar-refractivity contribution is 0.138. The molecular weight excluding hydrogens is 252 g/mol. The van der Waals surface area contributed by atoms with Gasteiger partial charge in [-0.1, -0.05) is 0 Å². The first-order valence-electron chi connectivity index (χ1n) is 7.33. The number of aromatic nitrogens is 1. The molecule has 114 valence electrons. The molecule has 1 aromatic rings. The maximum Gasteiger partial charge on any atom is 0.219 e. The Balaban J connectivity index is 2.70. The zero-order chi connectivity index (χ0) is 15.3. The van der Waals surface area contributed by atoms with E-state index in [-0.39, 0.29) is 6.61 Å². The van der Waals surface area contributed by atoms with Crippen LogP contribution in [-0.2, 0) is 6.61 Å². The Kier molecular flexibility index (Phi) is 6.43. The maximum absolute atomic E-state index is 9.44. The van der Waals surface area contributed by atoms with Crippen molar-refractivity contribution in [2.45, 2.75) is 60.2 Å². The van der Waals surface area contributed by atoms with E-state index in [1.165, 1.54) is 0 Å². The minimum absolute atomic E-state index is 0.0352. The van der Waals surface area contributed by atoms with Crippen LogP contribution >= 0.6 is 0 Å². The number of rotatable bonds is 7. The number of hydrogen-bond donors (Lipinski definition) is 1. The molecule has 1 N–H and O–H groups in total. The summed E-state index contributed by atoms with van der Waals surface area (Å²) in [6.07, 6.45) is 0. The first kappa shape index (κ1) is 16.9. The molecule has 0 saturated carbocycles. The Morgan fingerprint density at radius 1 is 1.20 bits per heavy atom. The van der Waals surface area contributed by atoms with E-state index in [0.717, 1.165) is 23.4 Å². The number of aliphatic hydroxyl groups is 1. The van der Waals surface area contributed by atoms with Crippen molar-refractivity contribution in [2.75, 3.05) is 13.2 Å². The van der Waals surface area contributed by atoms with Crippen LogP contribution in [0, 0.1) is 13.8 Å². The summed E-state index contributed by atoms with van der Waals surface area (Å²) < 4.78 is 5.81. The molecule has 1 rings (SSSR count). The molecule has 0 aliphatic heterocycles. The summed E-state index contributed by atoms with van der Waals surface area (Å²) in [5.74, 6) is 0.567. The molecular formula is C16H28N2O2. The van der Waals surface area contributed by atoms with Gasteiger partial charge in [-0.2, -0.15) is 0 Å². The third-order valence-electron chi connectivity index (χ3n) is 3.51. The van der Waals surface area contributed by atoms with Gasteiger partial charge in [-0.25, -0.2) is 4.98 Å². The SMILES string of the molecule is Cc1cc(C)c(CO)c(OCCN(C(C)C)C(C)C)n1. The van der Waals surface area contributed by atoms with Gasteiger partial charge >= 0.3 is 0 Å². The molecule has 0 aliphatic carbocycles. The van der Waals surface area contributed by atoms with Crippen molar-refractivity contribution < 1.29 is 9.84 Å². The molecule has 0 fully saturated rings. The first-order valence-corrected chi connectivity index (χ1v) is 7.33. The van der Waals surface area contributed by atoms with Crippen LogP contribution in [-0.4, -0.2) is 40.2 Å². The summed E-state index contributed by atoms with van der Waals surface area (Å²) in [5.41, 5.74) is 2.73. The third kappa shape index (κ3) is 4.46. The summed E-state index contributed by atoms with van der Waals surface area (Å²) in [4.78, 5) is 6.77. The van der Waals surface area contributed by atoms with Gasteiger partial charge in [-0.3, -0.25) is 4.90 Å². The highest BCUT2D eigenvalue weighted by molar-refractivity contribution is 5.35. The van der Waals surface area contributed by atoms with Crippen molar-refractivity contribution in [3.8, 4) is 5.88 Å². The highest BCUT2D eigenvalue weighted by Crippen LogP contribution is 2.21. The summed E-state index contributed by atoms with van der Waals surface area (Å²) in [7, 11) is 0. The molecule has 0 bridgehead atoms. The highest BCUT2D eigenvalue weighted by atomic mass is 16.5. The Hall–Kier alpha value is -1.13. The van der Waals surface area contributed by atoms with E-state index >= 15 is 0 Å².